The summed E-state index contributed by atoms with van der Waals surface area (Å²) in [6, 6.07) is 8.24. The first-order valence-corrected chi connectivity index (χ1v) is 16.1. The maximum absolute atomic E-state index is 13.3. The molecule has 4 rings (SSSR count). The van der Waals surface area contributed by atoms with Crippen molar-refractivity contribution in [2.45, 2.75) is 88.0 Å². The highest BCUT2D eigenvalue weighted by atomic mass is 16.6. The molecule has 0 atom stereocenters. The fourth-order valence-electron chi connectivity index (χ4n) is 7.17. The van der Waals surface area contributed by atoms with E-state index >= 15 is 0 Å². The summed E-state index contributed by atoms with van der Waals surface area (Å²) in [7, 11) is 1.20. The highest BCUT2D eigenvalue weighted by molar-refractivity contribution is 6.10. The standard InChI is InChI=1S/C40H40N2O8/c1-17(2)30-26-13-19(5)32(21(7)34(26)28(15-41)36(40(46)47-12)38(30)49-24(10)44)33-20(6)14-27-31(18(3)4)39(50-25(11)45)37(48-23(9)43)29(16-42)35(27)22(33)8/h13-14,17-18H,1-12H3. The predicted octanol–water partition coefficient (Wildman–Crippen LogP) is 8.45. The van der Waals surface area contributed by atoms with E-state index in [1.807, 2.05) is 67.5 Å². The third kappa shape index (κ3) is 6.14. The van der Waals surface area contributed by atoms with E-state index < -0.39 is 23.9 Å². The number of carbonyl (C=O) groups is 4. The van der Waals surface area contributed by atoms with Crippen LogP contribution in [-0.4, -0.2) is 31.0 Å². The fourth-order valence-corrected chi connectivity index (χ4v) is 7.17. The quantitative estimate of drug-likeness (QED) is 0.138. The van der Waals surface area contributed by atoms with E-state index in [1.165, 1.54) is 27.9 Å². The smallest absolute Gasteiger partial charge is 0.343 e. The Morgan fingerprint density at radius 3 is 1.38 bits per heavy atom. The van der Waals surface area contributed by atoms with E-state index in [0.29, 0.717) is 43.8 Å². The Kier molecular flexibility index (Phi) is 10.4. The molecule has 258 valence electrons. The van der Waals surface area contributed by atoms with Crippen LogP contribution >= 0.6 is 0 Å². The molecule has 50 heavy (non-hydrogen) atoms. The van der Waals surface area contributed by atoms with Crippen molar-refractivity contribution in [2.75, 3.05) is 7.11 Å². The van der Waals surface area contributed by atoms with Crippen LogP contribution in [0.15, 0.2) is 12.1 Å². The number of benzene rings is 4. The molecule has 4 aromatic rings. The molecule has 0 aliphatic carbocycles. The van der Waals surface area contributed by atoms with E-state index in [1.54, 1.807) is 0 Å². The maximum atomic E-state index is 13.3. The highest BCUT2D eigenvalue weighted by Crippen LogP contribution is 2.50. The molecule has 4 aromatic carbocycles. The molecular formula is C40H40N2O8. The second-order valence-corrected chi connectivity index (χ2v) is 13.0. The Morgan fingerprint density at radius 2 is 1.00 bits per heavy atom. The summed E-state index contributed by atoms with van der Waals surface area (Å²) in [6.45, 7) is 18.9. The zero-order chi connectivity index (χ0) is 37.5. The number of carbonyl (C=O) groups excluding carboxylic acids is 4. The van der Waals surface area contributed by atoms with E-state index in [-0.39, 0.29) is 45.8 Å². The minimum atomic E-state index is -0.817. The van der Waals surface area contributed by atoms with Gasteiger partial charge < -0.3 is 18.9 Å². The molecule has 0 unspecified atom stereocenters. The predicted molar refractivity (Wildman–Crippen MR) is 189 cm³/mol. The van der Waals surface area contributed by atoms with Crippen LogP contribution in [0.1, 0.15) is 115 Å². The van der Waals surface area contributed by atoms with Crippen molar-refractivity contribution in [1.29, 1.82) is 10.5 Å². The largest absolute Gasteiger partial charge is 0.465 e. The molecule has 0 saturated carbocycles. The number of aryl methyl sites for hydroxylation is 4. The molecule has 0 N–H and O–H groups in total. The SMILES string of the molecule is COC(=O)c1c(OC(C)=O)c(C(C)C)c2cc(C)c(-c3c(C)cc4c(C(C)C)c(OC(C)=O)c(OC(C)=O)c(C#N)c4c3C)c(C)c2c1C#N. The average Bonchev–Trinajstić information content (AvgIpc) is 3.00. The molecule has 0 amide bonds. The molecule has 0 heterocycles. The van der Waals surface area contributed by atoms with Gasteiger partial charge in [0.1, 0.15) is 23.3 Å². The molecule has 10 heteroatoms. The first-order valence-electron chi connectivity index (χ1n) is 16.1. The summed E-state index contributed by atoms with van der Waals surface area (Å²) >= 11 is 0. The van der Waals surface area contributed by atoms with Crippen LogP contribution in [0.25, 0.3) is 32.7 Å². The molecule has 0 radical (unpaired) electrons. The Hall–Kier alpha value is -5.74. The number of nitrogens with zero attached hydrogens (tertiary/aromatic N) is 2. The summed E-state index contributed by atoms with van der Waals surface area (Å²) in [5, 5.41) is 23.5. The van der Waals surface area contributed by atoms with Crippen LogP contribution in [0.2, 0.25) is 0 Å². The number of methoxy groups -OCH3 is 1. The second-order valence-electron chi connectivity index (χ2n) is 13.0. The van der Waals surface area contributed by atoms with E-state index in [9.17, 15) is 29.7 Å². The monoisotopic (exact) mass is 676 g/mol. The van der Waals surface area contributed by atoms with Gasteiger partial charge in [0.2, 0.25) is 0 Å². The van der Waals surface area contributed by atoms with Gasteiger partial charge in [0.25, 0.3) is 0 Å². The van der Waals surface area contributed by atoms with Gasteiger partial charge in [0.05, 0.1) is 12.7 Å². The number of fused-ring (bicyclic) bond motifs is 2. The summed E-state index contributed by atoms with van der Waals surface area (Å²) in [6.07, 6.45) is 0. The van der Waals surface area contributed by atoms with E-state index in [0.717, 1.165) is 22.3 Å². The lowest BCUT2D eigenvalue weighted by Gasteiger charge is -2.26. The second kappa shape index (κ2) is 14.0. The van der Waals surface area contributed by atoms with Crippen LogP contribution in [0.3, 0.4) is 0 Å². The first kappa shape index (κ1) is 37.1. The van der Waals surface area contributed by atoms with Gasteiger partial charge in [-0.3, -0.25) is 14.4 Å². The number of esters is 4. The van der Waals surface area contributed by atoms with E-state index in [2.05, 4.69) is 12.1 Å². The molecule has 0 aliphatic heterocycles. The van der Waals surface area contributed by atoms with Gasteiger partial charge in [0.15, 0.2) is 17.2 Å². The summed E-state index contributed by atoms with van der Waals surface area (Å²) in [5.41, 5.74) is 5.65. The van der Waals surface area contributed by atoms with Crippen molar-refractivity contribution in [3.63, 3.8) is 0 Å². The van der Waals surface area contributed by atoms with Crippen molar-refractivity contribution in [2.24, 2.45) is 0 Å². The zero-order valence-electron chi connectivity index (χ0n) is 30.5. The van der Waals surface area contributed by atoms with Gasteiger partial charge in [-0.25, -0.2) is 4.79 Å². The number of ether oxygens (including phenoxy) is 4. The molecule has 0 aromatic heterocycles. The average molecular weight is 677 g/mol. The molecular weight excluding hydrogens is 636 g/mol. The minimum absolute atomic E-state index is 0.00493. The molecule has 0 spiro atoms. The Bertz CT molecular complexity index is 2250. The lowest BCUT2D eigenvalue weighted by atomic mass is 9.79. The Morgan fingerprint density at radius 1 is 0.620 bits per heavy atom. The summed E-state index contributed by atoms with van der Waals surface area (Å²) < 4.78 is 22.0. The fraction of sp³-hybridized carbons (Fsp3) is 0.350. The number of hydrogen-bond donors (Lipinski definition) is 0. The molecule has 0 saturated heterocycles. The molecule has 0 bridgehead atoms. The van der Waals surface area contributed by atoms with Crippen molar-refractivity contribution < 1.29 is 38.1 Å². The van der Waals surface area contributed by atoms with Crippen LogP contribution < -0.4 is 14.2 Å². The van der Waals surface area contributed by atoms with Crippen LogP contribution in [-0.2, 0) is 19.1 Å². The van der Waals surface area contributed by atoms with Gasteiger partial charge in [-0.05, 0) is 83.7 Å². The van der Waals surface area contributed by atoms with Crippen LogP contribution in [0.4, 0.5) is 0 Å². The van der Waals surface area contributed by atoms with Gasteiger partial charge in [0, 0.05) is 42.7 Å². The van der Waals surface area contributed by atoms with Gasteiger partial charge in [-0.2, -0.15) is 10.5 Å². The maximum Gasteiger partial charge on any atom is 0.343 e. The Balaban J connectivity index is 2.33. The minimum Gasteiger partial charge on any atom is -0.465 e. The number of nitriles is 2. The lowest BCUT2D eigenvalue weighted by Crippen LogP contribution is -2.15. The van der Waals surface area contributed by atoms with Crippen molar-refractivity contribution in [3.05, 3.63) is 62.2 Å². The molecule has 0 aliphatic rings. The Labute approximate surface area is 291 Å². The zero-order valence-corrected chi connectivity index (χ0v) is 30.5. The highest BCUT2D eigenvalue weighted by Gasteiger charge is 2.32. The van der Waals surface area contributed by atoms with Crippen molar-refractivity contribution in [3.8, 4) is 40.5 Å². The van der Waals surface area contributed by atoms with Crippen molar-refractivity contribution in [1.82, 2.24) is 0 Å². The van der Waals surface area contributed by atoms with Gasteiger partial charge >= 0.3 is 23.9 Å². The third-order valence-corrected chi connectivity index (χ3v) is 8.78. The first-order chi connectivity index (χ1) is 23.4. The van der Waals surface area contributed by atoms with Crippen LogP contribution in [0.5, 0.6) is 17.2 Å². The molecule has 0 fully saturated rings. The van der Waals surface area contributed by atoms with Crippen LogP contribution in [0, 0.1) is 50.4 Å². The van der Waals surface area contributed by atoms with E-state index in [4.69, 9.17) is 18.9 Å². The number of rotatable bonds is 7. The van der Waals surface area contributed by atoms with Gasteiger partial charge in [-0.15, -0.1) is 0 Å². The summed E-state index contributed by atoms with van der Waals surface area (Å²) in [5.74, 6) is -3.33. The molecule has 10 nitrogen and oxygen atoms in total. The third-order valence-electron chi connectivity index (χ3n) is 8.78. The topological polar surface area (TPSA) is 153 Å². The van der Waals surface area contributed by atoms with Gasteiger partial charge in [-0.1, -0.05) is 39.8 Å². The normalized spacial score (nSPS) is 11.0. The lowest BCUT2D eigenvalue weighted by molar-refractivity contribution is -0.134. The number of hydrogen-bond acceptors (Lipinski definition) is 10. The summed E-state index contributed by atoms with van der Waals surface area (Å²) in [4.78, 5) is 50.2. The van der Waals surface area contributed by atoms with Crippen molar-refractivity contribution >= 4 is 45.4 Å².